The van der Waals surface area contributed by atoms with Crippen molar-refractivity contribution in [2.45, 2.75) is 45.7 Å². The van der Waals surface area contributed by atoms with Gasteiger partial charge in [0.05, 0.1) is 37.6 Å². The molecule has 4 aromatic carbocycles. The molecule has 0 unspecified atom stereocenters. The summed E-state index contributed by atoms with van der Waals surface area (Å²) in [6.07, 6.45) is -0.714. The summed E-state index contributed by atoms with van der Waals surface area (Å²) in [7, 11) is 1.70. The van der Waals surface area contributed by atoms with Crippen LogP contribution in [0.3, 0.4) is 0 Å². The molecule has 0 N–H and O–H groups in total. The molecular formula is C38H40N2O5. The van der Waals surface area contributed by atoms with Crippen molar-refractivity contribution in [3.05, 3.63) is 126 Å². The highest BCUT2D eigenvalue weighted by molar-refractivity contribution is 5.88. The van der Waals surface area contributed by atoms with Gasteiger partial charge in [-0.15, -0.1) is 0 Å². The van der Waals surface area contributed by atoms with E-state index in [9.17, 15) is 4.79 Å². The second kappa shape index (κ2) is 14.8. The van der Waals surface area contributed by atoms with Crippen molar-refractivity contribution in [3.8, 4) is 17.0 Å². The van der Waals surface area contributed by atoms with Crippen LogP contribution in [0.2, 0.25) is 0 Å². The summed E-state index contributed by atoms with van der Waals surface area (Å²) in [6.45, 7) is 7.29. The number of aromatic nitrogens is 1. The van der Waals surface area contributed by atoms with Gasteiger partial charge in [-0.2, -0.15) is 0 Å². The summed E-state index contributed by atoms with van der Waals surface area (Å²) >= 11 is 0. The van der Waals surface area contributed by atoms with Crippen molar-refractivity contribution in [1.29, 1.82) is 0 Å². The highest BCUT2D eigenvalue weighted by Gasteiger charge is 2.20. The molecule has 0 fully saturated rings. The molecule has 5 aromatic rings. The Balaban J connectivity index is 1.27. The fourth-order valence-electron chi connectivity index (χ4n) is 4.70. The Labute approximate surface area is 265 Å². The number of carbonyl (C=O) groups excluding carboxylic acids is 1. The van der Waals surface area contributed by atoms with Gasteiger partial charge < -0.3 is 18.9 Å². The average molecular weight is 605 g/mol. The molecule has 1 amide bonds. The third-order valence-electron chi connectivity index (χ3n) is 7.01. The Bertz CT molecular complexity index is 1620. The molecule has 0 saturated heterocycles. The van der Waals surface area contributed by atoms with E-state index in [0.717, 1.165) is 39.0 Å². The topological polar surface area (TPSA) is 70.1 Å². The highest BCUT2D eigenvalue weighted by atomic mass is 16.6. The molecule has 0 atom stereocenters. The van der Waals surface area contributed by atoms with E-state index in [-0.39, 0.29) is 6.10 Å². The molecule has 232 valence electrons. The van der Waals surface area contributed by atoms with Crippen LogP contribution in [0.25, 0.3) is 22.2 Å². The lowest BCUT2D eigenvalue weighted by molar-refractivity contribution is -0.0156. The molecule has 0 spiro atoms. The molecule has 7 nitrogen and oxygen atoms in total. The van der Waals surface area contributed by atoms with Gasteiger partial charge in [0.25, 0.3) is 0 Å². The van der Waals surface area contributed by atoms with E-state index in [1.807, 2.05) is 136 Å². The van der Waals surface area contributed by atoms with Crippen molar-refractivity contribution >= 4 is 22.7 Å². The van der Waals surface area contributed by atoms with Crippen molar-refractivity contribution in [1.82, 2.24) is 4.98 Å². The number of rotatable bonds is 12. The van der Waals surface area contributed by atoms with Gasteiger partial charge in [-0.1, -0.05) is 78.9 Å². The monoisotopic (exact) mass is 604 g/mol. The molecule has 0 aliphatic rings. The van der Waals surface area contributed by atoms with Crippen molar-refractivity contribution in [2.24, 2.45) is 0 Å². The number of carbonyl (C=O) groups is 1. The van der Waals surface area contributed by atoms with E-state index >= 15 is 0 Å². The molecule has 0 aliphatic heterocycles. The van der Waals surface area contributed by atoms with Crippen LogP contribution in [0.5, 0.6) is 5.75 Å². The second-order valence-electron chi connectivity index (χ2n) is 11.9. The van der Waals surface area contributed by atoms with E-state index in [1.54, 1.807) is 7.05 Å². The summed E-state index contributed by atoms with van der Waals surface area (Å²) in [6, 6.07) is 37.8. The van der Waals surface area contributed by atoms with Gasteiger partial charge in [0.15, 0.2) is 0 Å². The summed E-state index contributed by atoms with van der Waals surface area (Å²) < 4.78 is 24.0. The molecule has 0 radical (unpaired) electrons. The van der Waals surface area contributed by atoms with Crippen LogP contribution in [-0.2, 0) is 27.4 Å². The van der Waals surface area contributed by atoms with Gasteiger partial charge in [-0.3, -0.25) is 4.90 Å². The van der Waals surface area contributed by atoms with E-state index < -0.39 is 11.7 Å². The van der Waals surface area contributed by atoms with E-state index in [2.05, 4.69) is 0 Å². The van der Waals surface area contributed by atoms with E-state index in [4.69, 9.17) is 23.9 Å². The minimum absolute atomic E-state index is 0.312. The average Bonchev–Trinajstić information content (AvgIpc) is 3.04. The van der Waals surface area contributed by atoms with Crippen LogP contribution in [-0.4, -0.2) is 43.0 Å². The van der Waals surface area contributed by atoms with Gasteiger partial charge in [-0.25, -0.2) is 9.78 Å². The molecule has 7 heteroatoms. The Kier molecular flexibility index (Phi) is 10.5. The predicted molar refractivity (Wildman–Crippen MR) is 178 cm³/mol. The predicted octanol–water partition coefficient (Wildman–Crippen LogP) is 8.45. The number of benzene rings is 4. The Morgan fingerprint density at radius 1 is 0.756 bits per heavy atom. The van der Waals surface area contributed by atoms with Crippen LogP contribution >= 0.6 is 0 Å². The minimum atomic E-state index is -0.562. The van der Waals surface area contributed by atoms with Crippen LogP contribution in [0.15, 0.2) is 115 Å². The fraction of sp³-hybridized carbons (Fsp3) is 0.263. The molecule has 0 aliphatic carbocycles. The van der Waals surface area contributed by atoms with Crippen molar-refractivity contribution in [3.63, 3.8) is 0 Å². The van der Waals surface area contributed by atoms with Gasteiger partial charge in [0, 0.05) is 29.8 Å². The standard InChI is InChI=1S/C38H40N2O5/c1-38(2,3)45-37(41)40(4)32-19-15-30(16-20-32)35-22-18-31-17-21-33(23-36(31)39-35)44-34(26-42-24-28-11-7-5-8-12-28)27-43-25-29-13-9-6-10-14-29/h5-23,34H,24-27H2,1-4H3. The zero-order valence-corrected chi connectivity index (χ0v) is 26.3. The quantitative estimate of drug-likeness (QED) is 0.142. The van der Waals surface area contributed by atoms with Crippen molar-refractivity contribution in [2.75, 3.05) is 25.2 Å². The zero-order valence-electron chi connectivity index (χ0n) is 26.3. The van der Waals surface area contributed by atoms with Crippen LogP contribution in [0, 0.1) is 0 Å². The van der Waals surface area contributed by atoms with Gasteiger partial charge in [0.2, 0.25) is 0 Å². The maximum absolute atomic E-state index is 12.5. The van der Waals surface area contributed by atoms with Gasteiger partial charge in [-0.05, 0) is 62.2 Å². The SMILES string of the molecule is CN(C(=O)OC(C)(C)C)c1ccc(-c2ccc3ccc(OC(COCc4ccccc4)COCc4ccccc4)cc3n2)cc1. The summed E-state index contributed by atoms with van der Waals surface area (Å²) in [5.74, 6) is 0.693. The number of fused-ring (bicyclic) bond motifs is 1. The van der Waals surface area contributed by atoms with E-state index in [0.29, 0.717) is 32.2 Å². The molecule has 0 saturated carbocycles. The molecule has 0 bridgehead atoms. The summed E-state index contributed by atoms with van der Waals surface area (Å²) in [5.41, 5.74) is 4.95. The lowest BCUT2D eigenvalue weighted by Gasteiger charge is -2.24. The van der Waals surface area contributed by atoms with Crippen LogP contribution in [0.1, 0.15) is 31.9 Å². The minimum Gasteiger partial charge on any atom is -0.486 e. The fourth-order valence-corrected chi connectivity index (χ4v) is 4.70. The number of ether oxygens (including phenoxy) is 4. The first kappa shape index (κ1) is 31.7. The highest BCUT2D eigenvalue weighted by Crippen LogP contribution is 2.27. The van der Waals surface area contributed by atoms with Gasteiger partial charge in [0.1, 0.15) is 17.5 Å². The first-order valence-electron chi connectivity index (χ1n) is 15.1. The molecule has 5 rings (SSSR count). The third-order valence-corrected chi connectivity index (χ3v) is 7.01. The number of nitrogens with zero attached hydrogens (tertiary/aromatic N) is 2. The smallest absolute Gasteiger partial charge is 0.414 e. The number of pyridine rings is 1. The number of hydrogen-bond acceptors (Lipinski definition) is 6. The molecular weight excluding hydrogens is 564 g/mol. The maximum Gasteiger partial charge on any atom is 0.414 e. The number of amides is 1. The lowest BCUT2D eigenvalue weighted by Crippen LogP contribution is -2.34. The number of anilines is 1. The van der Waals surface area contributed by atoms with Gasteiger partial charge >= 0.3 is 6.09 Å². The van der Waals surface area contributed by atoms with Crippen LogP contribution in [0.4, 0.5) is 10.5 Å². The summed E-state index contributed by atoms with van der Waals surface area (Å²) in [5, 5.41) is 1.00. The maximum atomic E-state index is 12.5. The molecule has 1 heterocycles. The lowest BCUT2D eigenvalue weighted by atomic mass is 10.1. The first-order chi connectivity index (χ1) is 21.7. The largest absolute Gasteiger partial charge is 0.486 e. The first-order valence-corrected chi connectivity index (χ1v) is 15.1. The second-order valence-corrected chi connectivity index (χ2v) is 11.9. The number of hydrogen-bond donors (Lipinski definition) is 0. The van der Waals surface area contributed by atoms with E-state index in [1.165, 1.54) is 4.90 Å². The Morgan fingerprint density at radius 2 is 1.33 bits per heavy atom. The molecule has 45 heavy (non-hydrogen) atoms. The Morgan fingerprint density at radius 3 is 1.91 bits per heavy atom. The third kappa shape index (κ3) is 9.38. The van der Waals surface area contributed by atoms with Crippen molar-refractivity contribution < 1.29 is 23.7 Å². The normalized spacial score (nSPS) is 11.5. The zero-order chi connectivity index (χ0) is 31.6. The Hall–Kier alpha value is -4.72. The summed E-state index contributed by atoms with van der Waals surface area (Å²) in [4.78, 5) is 18.9. The molecule has 1 aromatic heterocycles. The van der Waals surface area contributed by atoms with Crippen LogP contribution < -0.4 is 9.64 Å².